The Balaban J connectivity index is 1.67. The molecule has 3 rings (SSSR count). The Morgan fingerprint density at radius 1 is 0.682 bits per heavy atom. The maximum Gasteiger partial charge on any atom is 0.357 e. The second kappa shape index (κ2) is 7.41. The largest absolute Gasteiger partial charge is 0.457 e. The van der Waals surface area contributed by atoms with Crippen molar-refractivity contribution in [3.05, 3.63) is 89.3 Å². The fourth-order valence-electron chi connectivity index (χ4n) is 1.82. The van der Waals surface area contributed by atoms with E-state index in [0.717, 1.165) is 11.5 Å². The van der Waals surface area contributed by atoms with Crippen molar-refractivity contribution in [2.24, 2.45) is 0 Å². The third-order valence-corrected chi connectivity index (χ3v) is 6.29. The summed E-state index contributed by atoms with van der Waals surface area (Å²) < 4.78 is 22.4. The molecule has 0 unspecified atom stereocenters. The summed E-state index contributed by atoms with van der Waals surface area (Å²) in [5.41, 5.74) is 0. The number of rotatable bonds is 4. The first kappa shape index (κ1) is 15.7. The van der Waals surface area contributed by atoms with E-state index in [4.69, 9.17) is 4.74 Å². The molecule has 0 aliphatic rings. The van der Waals surface area contributed by atoms with Crippen molar-refractivity contribution >= 4 is 22.6 Å². The Labute approximate surface area is 152 Å². The van der Waals surface area contributed by atoms with Gasteiger partial charge in [-0.15, -0.1) is 0 Å². The maximum atomic E-state index is 12.9. The molecule has 110 valence electrons. The summed E-state index contributed by atoms with van der Waals surface area (Å²) in [4.78, 5) is 0. The molecule has 3 aromatic carbocycles. The molecule has 0 saturated heterocycles. The molecule has 0 radical (unpaired) electrons. The third-order valence-electron chi connectivity index (χ3n) is 2.88. The first-order valence-corrected chi connectivity index (χ1v) is 9.86. The summed E-state index contributed by atoms with van der Waals surface area (Å²) in [5, 5.41) is 0. The van der Waals surface area contributed by atoms with Crippen molar-refractivity contribution in [1.82, 2.24) is 0 Å². The Morgan fingerprint density at radius 3 is 1.68 bits per heavy atom. The van der Waals surface area contributed by atoms with Gasteiger partial charge in [0, 0.05) is 3.57 Å². The third kappa shape index (κ3) is 4.42. The second-order valence-electron chi connectivity index (χ2n) is 4.54. The second-order valence-corrected chi connectivity index (χ2v) is 8.82. The normalized spacial score (nSPS) is 10.5. The maximum absolute atomic E-state index is 12.9. The van der Waals surface area contributed by atoms with Crippen LogP contribution >= 0.6 is 22.6 Å². The number of benzene rings is 3. The zero-order chi connectivity index (χ0) is 15.4. The lowest BCUT2D eigenvalue weighted by Crippen LogP contribution is -3.61. The van der Waals surface area contributed by atoms with Gasteiger partial charge in [0.25, 0.3) is 0 Å². The molecule has 0 saturated carbocycles. The molecular weight excluding hydrogens is 505 g/mol. The van der Waals surface area contributed by atoms with Crippen LogP contribution in [0.3, 0.4) is 0 Å². The van der Waals surface area contributed by atoms with Crippen LogP contribution in [-0.4, -0.2) is 0 Å². The molecule has 0 amide bonds. The summed E-state index contributed by atoms with van der Waals surface area (Å²) in [7, 11) is 0. The van der Waals surface area contributed by atoms with Crippen molar-refractivity contribution in [2.75, 3.05) is 0 Å². The quantitative estimate of drug-likeness (QED) is 0.484. The zero-order valence-electron chi connectivity index (χ0n) is 11.5. The highest BCUT2D eigenvalue weighted by molar-refractivity contribution is 14.1. The van der Waals surface area contributed by atoms with E-state index in [9.17, 15) is 4.39 Å². The van der Waals surface area contributed by atoms with E-state index in [-0.39, 0.29) is 27.0 Å². The van der Waals surface area contributed by atoms with E-state index in [1.54, 1.807) is 0 Å². The van der Waals surface area contributed by atoms with Crippen LogP contribution in [0, 0.1) is 16.5 Å². The molecule has 3 aromatic rings. The van der Waals surface area contributed by atoms with Crippen LogP contribution in [0.4, 0.5) is 4.39 Å². The van der Waals surface area contributed by atoms with Crippen LogP contribution in [0.15, 0.2) is 72.8 Å². The molecule has 0 bridgehead atoms. The predicted octanol–water partition coefficient (Wildman–Crippen LogP) is 2.35. The average molecular weight is 517 g/mol. The molecule has 4 heteroatoms. The van der Waals surface area contributed by atoms with E-state index < -0.39 is 0 Å². The highest BCUT2D eigenvalue weighted by Crippen LogP contribution is 2.21. The van der Waals surface area contributed by atoms with E-state index in [1.165, 1.54) is 22.8 Å². The molecule has 0 aromatic heterocycles. The Morgan fingerprint density at radius 2 is 1.14 bits per heavy atom. The summed E-state index contributed by atoms with van der Waals surface area (Å²) in [5.74, 6) is 1.48. The smallest absolute Gasteiger partial charge is 0.357 e. The minimum Gasteiger partial charge on any atom is -0.457 e. The van der Waals surface area contributed by atoms with Crippen LogP contribution in [0.25, 0.3) is 0 Å². The monoisotopic (exact) mass is 517 g/mol. The molecule has 0 heterocycles. The van der Waals surface area contributed by atoms with Crippen LogP contribution < -0.4 is 25.9 Å². The SMILES string of the molecule is Fc1ccc([I+]c2ccc(Oc3ccc(I)cc3)cc2)cc1. The van der Waals surface area contributed by atoms with Crippen LogP contribution in [-0.2, 0) is 0 Å². The highest BCUT2D eigenvalue weighted by Gasteiger charge is 2.15. The van der Waals surface area contributed by atoms with Gasteiger partial charge in [0.15, 0.2) is 7.14 Å². The summed E-state index contributed by atoms with van der Waals surface area (Å²) in [6.45, 7) is 0. The number of halogens is 3. The molecule has 1 nitrogen and oxygen atoms in total. The van der Waals surface area contributed by atoms with Gasteiger partial charge in [-0.1, -0.05) is 0 Å². The van der Waals surface area contributed by atoms with Gasteiger partial charge in [0.2, 0.25) is 0 Å². The van der Waals surface area contributed by atoms with Crippen molar-refractivity contribution < 1.29 is 30.3 Å². The van der Waals surface area contributed by atoms with Crippen molar-refractivity contribution in [2.45, 2.75) is 0 Å². The van der Waals surface area contributed by atoms with Gasteiger partial charge >= 0.3 is 21.2 Å². The minimum atomic E-state index is -0.285. The Kier molecular flexibility index (Phi) is 5.30. The molecule has 0 fully saturated rings. The van der Waals surface area contributed by atoms with E-state index in [0.29, 0.717) is 0 Å². The molecule has 0 atom stereocenters. The average Bonchev–Trinajstić information content (AvgIpc) is 2.54. The predicted molar refractivity (Wildman–Crippen MR) is 89.5 cm³/mol. The standard InChI is InChI=1S/C18H12FI2O/c19-13-1-5-15(6-2-13)21-16-7-11-18(12-8-16)22-17-9-3-14(20)4-10-17/h1-12H/q+1. The van der Waals surface area contributed by atoms with Crippen LogP contribution in [0.1, 0.15) is 0 Å². The Hall–Kier alpha value is -1.15. The van der Waals surface area contributed by atoms with Crippen molar-refractivity contribution in [1.29, 1.82) is 0 Å². The fraction of sp³-hybridized carbons (Fsp3) is 0. The van der Waals surface area contributed by atoms with E-state index >= 15 is 0 Å². The van der Waals surface area contributed by atoms with Crippen molar-refractivity contribution in [3.63, 3.8) is 0 Å². The topological polar surface area (TPSA) is 9.23 Å². The molecule has 0 spiro atoms. The Bertz CT molecular complexity index is 671. The molecule has 0 N–H and O–H groups in total. The lowest BCUT2D eigenvalue weighted by molar-refractivity contribution is -0.597. The summed E-state index contributed by atoms with van der Waals surface area (Å²) in [6.07, 6.45) is 0. The van der Waals surface area contributed by atoms with Gasteiger partial charge < -0.3 is 4.74 Å². The van der Waals surface area contributed by atoms with Crippen LogP contribution in [0.2, 0.25) is 0 Å². The van der Waals surface area contributed by atoms with E-state index in [1.807, 2.05) is 48.5 Å². The number of hydrogen-bond donors (Lipinski definition) is 0. The summed E-state index contributed by atoms with van der Waals surface area (Å²) in [6, 6.07) is 22.8. The van der Waals surface area contributed by atoms with E-state index in [2.05, 4.69) is 34.7 Å². The van der Waals surface area contributed by atoms with Gasteiger partial charge in [0.1, 0.15) is 17.3 Å². The number of ether oxygens (including phenoxy) is 1. The first-order chi connectivity index (χ1) is 10.7. The molecule has 0 aliphatic carbocycles. The molecule has 22 heavy (non-hydrogen) atoms. The lowest BCUT2D eigenvalue weighted by Gasteiger charge is -2.04. The lowest BCUT2D eigenvalue weighted by atomic mass is 10.3. The summed E-state index contributed by atoms with van der Waals surface area (Å²) >= 11 is 1.98. The van der Waals surface area contributed by atoms with Gasteiger partial charge in [-0.3, -0.25) is 0 Å². The zero-order valence-corrected chi connectivity index (χ0v) is 15.8. The van der Waals surface area contributed by atoms with Gasteiger partial charge in [0.05, 0.1) is 0 Å². The van der Waals surface area contributed by atoms with Gasteiger partial charge in [-0.25, -0.2) is 4.39 Å². The molecule has 0 aliphatic heterocycles. The number of hydrogen-bond acceptors (Lipinski definition) is 1. The van der Waals surface area contributed by atoms with Crippen molar-refractivity contribution in [3.8, 4) is 11.5 Å². The van der Waals surface area contributed by atoms with Crippen LogP contribution in [0.5, 0.6) is 11.5 Å². The van der Waals surface area contributed by atoms with Gasteiger partial charge in [-0.2, -0.15) is 0 Å². The minimum absolute atomic E-state index is 0.186. The first-order valence-electron chi connectivity index (χ1n) is 6.63. The highest BCUT2D eigenvalue weighted by atomic mass is 127. The fourth-order valence-corrected chi connectivity index (χ4v) is 4.34. The van der Waals surface area contributed by atoms with Gasteiger partial charge in [-0.05, 0) is 95.4 Å². The molecular formula is C18H12FI2O+.